The maximum Gasteiger partial charge on any atom is 0.225 e. The van der Waals surface area contributed by atoms with Gasteiger partial charge in [0.25, 0.3) is 0 Å². The molecule has 0 radical (unpaired) electrons. The molecule has 0 unspecified atom stereocenters. The van der Waals surface area contributed by atoms with E-state index in [0.29, 0.717) is 17.3 Å². The van der Waals surface area contributed by atoms with Gasteiger partial charge in [-0.15, -0.1) is 0 Å². The largest absolute Gasteiger partial charge is 0.355 e. The number of rotatable bonds is 3. The van der Waals surface area contributed by atoms with Crippen LogP contribution in [0.4, 0.5) is 0 Å². The zero-order chi connectivity index (χ0) is 12.8. The molecule has 4 aliphatic rings. The number of allylic oxidation sites excluding steroid dienone is 1. The summed E-state index contributed by atoms with van der Waals surface area (Å²) in [4.78, 5) is 12.4. The summed E-state index contributed by atoms with van der Waals surface area (Å²) in [6, 6.07) is 0.0305. The smallest absolute Gasteiger partial charge is 0.225 e. The summed E-state index contributed by atoms with van der Waals surface area (Å²) in [6.07, 6.45) is 10.5. The molecule has 100 valence electrons. The van der Waals surface area contributed by atoms with Gasteiger partial charge in [0.05, 0.1) is 5.92 Å². The van der Waals surface area contributed by atoms with Crippen molar-refractivity contribution in [3.05, 3.63) is 12.2 Å². The molecule has 0 saturated heterocycles. The Bertz CT molecular complexity index is 373. The molecular weight excluding hydrogens is 224 g/mol. The molecular formula is C15H24N2O. The topological polar surface area (TPSA) is 55.1 Å². The van der Waals surface area contributed by atoms with Crippen LogP contribution in [0, 0.1) is 23.2 Å². The fraction of sp³-hybridized carbons (Fsp3) is 0.800. The van der Waals surface area contributed by atoms with E-state index in [-0.39, 0.29) is 17.9 Å². The average Bonchev–Trinajstić information content (AvgIpc) is 2.35. The summed E-state index contributed by atoms with van der Waals surface area (Å²) in [5.74, 6) is 0.997. The second-order valence-corrected chi connectivity index (χ2v) is 6.78. The van der Waals surface area contributed by atoms with Crippen molar-refractivity contribution >= 4 is 5.91 Å². The number of fused-ring (bicyclic) bond motifs is 2. The molecule has 2 bridgehead atoms. The van der Waals surface area contributed by atoms with Gasteiger partial charge in [-0.05, 0) is 42.9 Å². The van der Waals surface area contributed by atoms with E-state index in [2.05, 4.69) is 24.4 Å². The molecule has 3 N–H and O–H groups in total. The van der Waals surface area contributed by atoms with Gasteiger partial charge in [-0.2, -0.15) is 0 Å². The van der Waals surface area contributed by atoms with Gasteiger partial charge in [0.2, 0.25) is 5.91 Å². The summed E-state index contributed by atoms with van der Waals surface area (Å²) < 4.78 is 0. The van der Waals surface area contributed by atoms with Crippen molar-refractivity contribution in [2.24, 2.45) is 28.9 Å². The Morgan fingerprint density at radius 2 is 2.00 bits per heavy atom. The van der Waals surface area contributed by atoms with Crippen LogP contribution in [0.2, 0.25) is 0 Å². The summed E-state index contributed by atoms with van der Waals surface area (Å²) in [6.45, 7) is 3.10. The van der Waals surface area contributed by atoms with Crippen molar-refractivity contribution in [3.63, 3.8) is 0 Å². The normalized spacial score (nSPS) is 40.3. The first-order valence-corrected chi connectivity index (χ1v) is 7.31. The molecule has 4 aliphatic carbocycles. The lowest BCUT2D eigenvalue weighted by Gasteiger charge is -2.43. The Morgan fingerprint density at radius 1 is 1.33 bits per heavy atom. The van der Waals surface area contributed by atoms with Crippen molar-refractivity contribution in [2.45, 2.75) is 45.1 Å². The zero-order valence-electron chi connectivity index (χ0n) is 11.2. The highest BCUT2D eigenvalue weighted by atomic mass is 16.1. The third kappa shape index (κ3) is 1.99. The summed E-state index contributed by atoms with van der Waals surface area (Å²) in [5.41, 5.74) is 6.59. The Balaban J connectivity index is 1.60. The quantitative estimate of drug-likeness (QED) is 0.749. The molecule has 3 nitrogen and oxygen atoms in total. The Kier molecular flexibility index (Phi) is 2.97. The Labute approximate surface area is 109 Å². The summed E-state index contributed by atoms with van der Waals surface area (Å²) >= 11 is 0. The zero-order valence-corrected chi connectivity index (χ0v) is 11.2. The van der Waals surface area contributed by atoms with E-state index in [9.17, 15) is 4.79 Å². The summed E-state index contributed by atoms with van der Waals surface area (Å²) in [7, 11) is 0. The lowest BCUT2D eigenvalue weighted by atomic mass is 9.65. The molecule has 0 aromatic heterocycles. The molecule has 2 saturated carbocycles. The second kappa shape index (κ2) is 4.37. The molecule has 18 heavy (non-hydrogen) atoms. The van der Waals surface area contributed by atoms with Crippen molar-refractivity contribution in [3.8, 4) is 0 Å². The SMILES string of the molecule is CC1(CNC(=O)[C@@H]2[C@H](N)[C@@H]3C=C[C@H]2CC3)CCC1. The van der Waals surface area contributed by atoms with Crippen LogP contribution in [0.25, 0.3) is 0 Å². The second-order valence-electron chi connectivity index (χ2n) is 6.78. The van der Waals surface area contributed by atoms with E-state index < -0.39 is 0 Å². The predicted octanol–water partition coefficient (Wildman–Crippen LogP) is 1.83. The van der Waals surface area contributed by atoms with Gasteiger partial charge in [-0.3, -0.25) is 4.79 Å². The standard InChI is InChI=1S/C15H24N2O/c1-15(7-2-8-15)9-17-14(18)12-10-3-5-11(6-4-10)13(12)16/h3,5,10-13H,2,4,6-9,16H2,1H3,(H,17,18)/t10-,11+,12-,13+/m0/s1. The highest BCUT2D eigenvalue weighted by molar-refractivity contribution is 5.80. The molecule has 1 amide bonds. The molecule has 2 fully saturated rings. The van der Waals surface area contributed by atoms with Crippen molar-refractivity contribution in [1.82, 2.24) is 5.32 Å². The minimum atomic E-state index is 0.0115. The highest BCUT2D eigenvalue weighted by Crippen LogP contribution is 2.41. The fourth-order valence-electron chi connectivity index (χ4n) is 3.78. The molecule has 0 aliphatic heterocycles. The molecule has 3 heteroatoms. The van der Waals surface area contributed by atoms with Crippen LogP contribution in [-0.4, -0.2) is 18.5 Å². The van der Waals surface area contributed by atoms with Gasteiger partial charge in [0.1, 0.15) is 0 Å². The van der Waals surface area contributed by atoms with Gasteiger partial charge < -0.3 is 11.1 Å². The van der Waals surface area contributed by atoms with E-state index in [1.54, 1.807) is 0 Å². The molecule has 4 rings (SSSR count). The fourth-order valence-corrected chi connectivity index (χ4v) is 3.78. The van der Waals surface area contributed by atoms with Crippen LogP contribution < -0.4 is 11.1 Å². The monoisotopic (exact) mass is 248 g/mol. The van der Waals surface area contributed by atoms with Crippen molar-refractivity contribution in [2.75, 3.05) is 6.54 Å². The van der Waals surface area contributed by atoms with Crippen LogP contribution in [0.15, 0.2) is 12.2 Å². The van der Waals surface area contributed by atoms with Crippen molar-refractivity contribution < 1.29 is 4.79 Å². The van der Waals surface area contributed by atoms with Gasteiger partial charge in [-0.25, -0.2) is 0 Å². The first kappa shape index (κ1) is 12.2. The number of carbonyl (C=O) groups excluding carboxylic acids is 1. The van der Waals surface area contributed by atoms with E-state index in [4.69, 9.17) is 5.73 Å². The van der Waals surface area contributed by atoms with Crippen LogP contribution in [0.3, 0.4) is 0 Å². The lowest BCUT2D eigenvalue weighted by Crippen LogP contribution is -2.54. The molecule has 0 aromatic rings. The first-order chi connectivity index (χ1) is 8.59. The highest BCUT2D eigenvalue weighted by Gasteiger charge is 2.43. The summed E-state index contributed by atoms with van der Waals surface area (Å²) in [5, 5.41) is 3.16. The van der Waals surface area contributed by atoms with Gasteiger partial charge in [0, 0.05) is 12.6 Å². The molecule has 0 spiro atoms. The minimum Gasteiger partial charge on any atom is -0.355 e. The third-order valence-corrected chi connectivity index (χ3v) is 5.36. The maximum atomic E-state index is 12.4. The molecule has 0 heterocycles. The third-order valence-electron chi connectivity index (χ3n) is 5.36. The molecule has 4 atom stereocenters. The van der Waals surface area contributed by atoms with Gasteiger partial charge in [-0.1, -0.05) is 25.5 Å². The van der Waals surface area contributed by atoms with Gasteiger partial charge in [0.15, 0.2) is 0 Å². The Hall–Kier alpha value is -0.830. The number of nitrogens with one attached hydrogen (secondary N) is 1. The van der Waals surface area contributed by atoms with Crippen molar-refractivity contribution in [1.29, 1.82) is 0 Å². The van der Waals surface area contributed by atoms with E-state index >= 15 is 0 Å². The lowest BCUT2D eigenvalue weighted by molar-refractivity contribution is -0.129. The Morgan fingerprint density at radius 3 is 2.50 bits per heavy atom. The van der Waals surface area contributed by atoms with Crippen LogP contribution in [-0.2, 0) is 4.79 Å². The average molecular weight is 248 g/mol. The number of amides is 1. The number of carbonyl (C=O) groups is 1. The van der Waals surface area contributed by atoms with E-state index in [1.165, 1.54) is 19.3 Å². The van der Waals surface area contributed by atoms with Crippen LogP contribution in [0.1, 0.15) is 39.0 Å². The van der Waals surface area contributed by atoms with Crippen LogP contribution >= 0.6 is 0 Å². The minimum absolute atomic E-state index is 0.0115. The van der Waals surface area contributed by atoms with E-state index in [1.807, 2.05) is 0 Å². The predicted molar refractivity (Wildman–Crippen MR) is 71.8 cm³/mol. The van der Waals surface area contributed by atoms with Crippen LogP contribution in [0.5, 0.6) is 0 Å². The number of nitrogens with two attached hydrogens (primary N) is 1. The van der Waals surface area contributed by atoms with E-state index in [0.717, 1.165) is 19.4 Å². The maximum absolute atomic E-state index is 12.4. The number of hydrogen-bond acceptors (Lipinski definition) is 2. The first-order valence-electron chi connectivity index (χ1n) is 7.31. The van der Waals surface area contributed by atoms with Gasteiger partial charge >= 0.3 is 0 Å². The number of hydrogen-bond donors (Lipinski definition) is 2. The molecule has 0 aromatic carbocycles.